The van der Waals surface area contributed by atoms with Crippen LogP contribution in [0.15, 0.2) is 45.9 Å². The van der Waals surface area contributed by atoms with Crippen molar-refractivity contribution in [3.8, 4) is 0 Å². The third-order valence-corrected chi connectivity index (χ3v) is 4.61. The van der Waals surface area contributed by atoms with Crippen molar-refractivity contribution in [2.75, 3.05) is 17.1 Å². The molecule has 2 N–H and O–H groups in total. The minimum absolute atomic E-state index is 0.0364. The SMILES string of the molecule is CNc1ncc(Br)cc1S(=O)(=O)Nc1ccccc1Cl. The number of pyridine rings is 1. The second kappa shape index (κ2) is 5.99. The summed E-state index contributed by atoms with van der Waals surface area (Å²) in [5, 5.41) is 3.07. The van der Waals surface area contributed by atoms with Crippen LogP contribution in [0.3, 0.4) is 0 Å². The van der Waals surface area contributed by atoms with Crippen LogP contribution in [0.4, 0.5) is 11.5 Å². The molecule has 0 saturated carbocycles. The second-order valence-electron chi connectivity index (χ2n) is 3.84. The van der Waals surface area contributed by atoms with Crippen LogP contribution in [0.1, 0.15) is 0 Å². The summed E-state index contributed by atoms with van der Waals surface area (Å²) >= 11 is 9.16. The van der Waals surface area contributed by atoms with E-state index in [1.54, 1.807) is 31.3 Å². The Bertz CT molecular complexity index is 737. The van der Waals surface area contributed by atoms with E-state index in [1.165, 1.54) is 12.3 Å². The molecular formula is C12H11BrClN3O2S. The average molecular weight is 377 g/mol. The highest BCUT2D eigenvalue weighted by Gasteiger charge is 2.20. The molecule has 0 bridgehead atoms. The third-order valence-electron chi connectivity index (χ3n) is 2.46. The van der Waals surface area contributed by atoms with Crippen LogP contribution in [0, 0.1) is 0 Å². The number of nitrogens with one attached hydrogen (secondary N) is 2. The summed E-state index contributed by atoms with van der Waals surface area (Å²) in [5.74, 6) is 0.257. The van der Waals surface area contributed by atoms with Gasteiger partial charge in [0.15, 0.2) is 0 Å². The highest BCUT2D eigenvalue weighted by Crippen LogP contribution is 2.27. The lowest BCUT2D eigenvalue weighted by Gasteiger charge is -2.12. The fourth-order valence-corrected chi connectivity index (χ4v) is 3.55. The fourth-order valence-electron chi connectivity index (χ4n) is 1.56. The van der Waals surface area contributed by atoms with Crippen molar-refractivity contribution in [2.45, 2.75) is 4.90 Å². The molecule has 0 aliphatic heterocycles. The van der Waals surface area contributed by atoms with Gasteiger partial charge in [0.25, 0.3) is 10.0 Å². The molecule has 106 valence electrons. The van der Waals surface area contributed by atoms with E-state index in [0.717, 1.165) is 0 Å². The number of benzene rings is 1. The first-order chi connectivity index (χ1) is 9.44. The van der Waals surface area contributed by atoms with Gasteiger partial charge in [-0.3, -0.25) is 4.72 Å². The Morgan fingerprint density at radius 3 is 2.65 bits per heavy atom. The summed E-state index contributed by atoms with van der Waals surface area (Å²) in [5.41, 5.74) is 0.316. The fraction of sp³-hybridized carbons (Fsp3) is 0.0833. The van der Waals surface area contributed by atoms with Crippen LogP contribution in [0.25, 0.3) is 0 Å². The van der Waals surface area contributed by atoms with Crippen LogP contribution in [-0.2, 0) is 10.0 Å². The Hall–Kier alpha value is -1.31. The largest absolute Gasteiger partial charge is 0.372 e. The molecule has 0 atom stereocenters. The molecule has 0 fully saturated rings. The zero-order valence-electron chi connectivity index (χ0n) is 10.4. The van der Waals surface area contributed by atoms with E-state index in [0.29, 0.717) is 15.2 Å². The van der Waals surface area contributed by atoms with Gasteiger partial charge in [0.2, 0.25) is 0 Å². The minimum atomic E-state index is -3.79. The van der Waals surface area contributed by atoms with Gasteiger partial charge in [-0.05, 0) is 34.1 Å². The van der Waals surface area contributed by atoms with Crippen LogP contribution in [-0.4, -0.2) is 20.4 Å². The normalized spacial score (nSPS) is 11.2. The molecule has 1 aromatic heterocycles. The van der Waals surface area contributed by atoms with Gasteiger partial charge in [0.05, 0.1) is 10.7 Å². The van der Waals surface area contributed by atoms with Crippen molar-refractivity contribution in [1.29, 1.82) is 0 Å². The maximum atomic E-state index is 12.4. The molecular weight excluding hydrogens is 366 g/mol. The molecule has 1 heterocycles. The number of anilines is 2. The number of rotatable bonds is 4. The number of hydrogen-bond acceptors (Lipinski definition) is 4. The van der Waals surface area contributed by atoms with E-state index in [4.69, 9.17) is 11.6 Å². The first-order valence-electron chi connectivity index (χ1n) is 5.54. The Labute approximate surface area is 130 Å². The van der Waals surface area contributed by atoms with Crippen molar-refractivity contribution in [3.63, 3.8) is 0 Å². The molecule has 0 aliphatic carbocycles. The number of aromatic nitrogens is 1. The highest BCUT2D eigenvalue weighted by molar-refractivity contribution is 9.10. The van der Waals surface area contributed by atoms with Gasteiger partial charge in [-0.25, -0.2) is 13.4 Å². The summed E-state index contributed by atoms with van der Waals surface area (Å²) in [6.07, 6.45) is 1.51. The summed E-state index contributed by atoms with van der Waals surface area (Å²) in [7, 11) is -2.19. The van der Waals surface area contributed by atoms with E-state index in [-0.39, 0.29) is 10.7 Å². The third kappa shape index (κ3) is 3.23. The predicted molar refractivity (Wildman–Crippen MR) is 83.7 cm³/mol. The summed E-state index contributed by atoms with van der Waals surface area (Å²) in [4.78, 5) is 4.05. The Morgan fingerprint density at radius 2 is 2.00 bits per heavy atom. The van der Waals surface area contributed by atoms with Gasteiger partial charge in [-0.1, -0.05) is 23.7 Å². The van der Waals surface area contributed by atoms with E-state index in [9.17, 15) is 8.42 Å². The monoisotopic (exact) mass is 375 g/mol. The number of halogens is 2. The maximum absolute atomic E-state index is 12.4. The van der Waals surface area contributed by atoms with Gasteiger partial charge >= 0.3 is 0 Å². The molecule has 0 amide bonds. The quantitative estimate of drug-likeness (QED) is 0.858. The maximum Gasteiger partial charge on any atom is 0.265 e. The average Bonchev–Trinajstić information content (AvgIpc) is 2.41. The topological polar surface area (TPSA) is 71.1 Å². The number of nitrogens with zero attached hydrogens (tertiary/aromatic N) is 1. The first-order valence-corrected chi connectivity index (χ1v) is 8.20. The van der Waals surface area contributed by atoms with Crippen molar-refractivity contribution in [3.05, 3.63) is 46.0 Å². The second-order valence-corrected chi connectivity index (χ2v) is 6.81. The van der Waals surface area contributed by atoms with E-state index >= 15 is 0 Å². The zero-order valence-corrected chi connectivity index (χ0v) is 13.6. The number of sulfonamides is 1. The molecule has 20 heavy (non-hydrogen) atoms. The van der Waals surface area contributed by atoms with Gasteiger partial charge < -0.3 is 5.32 Å². The van der Waals surface area contributed by atoms with Crippen LogP contribution in [0.2, 0.25) is 5.02 Å². The van der Waals surface area contributed by atoms with Gasteiger partial charge in [0, 0.05) is 17.7 Å². The molecule has 0 spiro atoms. The zero-order chi connectivity index (χ0) is 14.8. The molecule has 0 unspecified atom stereocenters. The highest BCUT2D eigenvalue weighted by atomic mass is 79.9. The summed E-state index contributed by atoms with van der Waals surface area (Å²) in [6.45, 7) is 0. The van der Waals surface area contributed by atoms with Gasteiger partial charge in [-0.15, -0.1) is 0 Å². The molecule has 2 rings (SSSR count). The minimum Gasteiger partial charge on any atom is -0.372 e. The lowest BCUT2D eigenvalue weighted by Crippen LogP contribution is -2.15. The Balaban J connectivity index is 2.46. The molecule has 5 nitrogen and oxygen atoms in total. The van der Waals surface area contributed by atoms with Crippen LogP contribution in [0.5, 0.6) is 0 Å². The predicted octanol–water partition coefficient (Wildman–Crippen LogP) is 3.34. The van der Waals surface area contributed by atoms with Crippen molar-refractivity contribution >= 4 is 49.1 Å². The molecule has 2 aromatic rings. The van der Waals surface area contributed by atoms with Crippen molar-refractivity contribution < 1.29 is 8.42 Å². The van der Waals surface area contributed by atoms with Crippen molar-refractivity contribution in [2.24, 2.45) is 0 Å². The number of para-hydroxylation sites is 1. The molecule has 0 saturated heterocycles. The van der Waals surface area contributed by atoms with Crippen LogP contribution >= 0.6 is 27.5 Å². The summed E-state index contributed by atoms with van der Waals surface area (Å²) < 4.78 is 27.8. The van der Waals surface area contributed by atoms with Gasteiger partial charge in [-0.2, -0.15) is 0 Å². The Kier molecular flexibility index (Phi) is 4.52. The molecule has 8 heteroatoms. The smallest absolute Gasteiger partial charge is 0.265 e. The standard InChI is InChI=1S/C12H11BrClN3O2S/c1-15-12-11(6-8(13)7-16-12)20(18,19)17-10-5-3-2-4-9(10)14/h2-7,17H,1H3,(H,15,16). The van der Waals surface area contributed by atoms with Gasteiger partial charge in [0.1, 0.15) is 10.7 Å². The first kappa shape index (κ1) is 15.1. The van der Waals surface area contributed by atoms with E-state index < -0.39 is 10.0 Å². The molecule has 1 aromatic carbocycles. The molecule has 0 aliphatic rings. The lowest BCUT2D eigenvalue weighted by atomic mass is 10.3. The van der Waals surface area contributed by atoms with Crippen LogP contribution < -0.4 is 10.0 Å². The Morgan fingerprint density at radius 1 is 1.30 bits per heavy atom. The van der Waals surface area contributed by atoms with Crippen molar-refractivity contribution in [1.82, 2.24) is 4.98 Å². The van der Waals surface area contributed by atoms with E-state index in [1.807, 2.05) is 0 Å². The number of hydrogen-bond donors (Lipinski definition) is 2. The lowest BCUT2D eigenvalue weighted by molar-refractivity contribution is 0.601. The van der Waals surface area contributed by atoms with E-state index in [2.05, 4.69) is 31.0 Å². The molecule has 0 radical (unpaired) electrons. The summed E-state index contributed by atoms with van der Waals surface area (Å²) in [6, 6.07) is 8.08.